The number of halogens is 4. The summed E-state index contributed by atoms with van der Waals surface area (Å²) in [6.07, 6.45) is -3.27. The molecular formula is C12H7BrF3NO2. The summed E-state index contributed by atoms with van der Waals surface area (Å²) >= 11 is 2.99. The zero-order chi connectivity index (χ0) is 14.0. The predicted molar refractivity (Wildman–Crippen MR) is 65.8 cm³/mol. The van der Waals surface area contributed by atoms with E-state index < -0.39 is 17.6 Å². The second kappa shape index (κ2) is 5.08. The fraction of sp³-hybridized carbons (Fsp3) is 0.0833. The molecule has 0 bridgehead atoms. The third-order valence-electron chi connectivity index (χ3n) is 2.34. The number of alkyl halides is 3. The molecule has 2 aromatic rings. The molecular weight excluding hydrogens is 327 g/mol. The largest absolute Gasteiger partial charge is 0.457 e. The van der Waals surface area contributed by atoms with Gasteiger partial charge >= 0.3 is 6.18 Å². The molecule has 1 N–H and O–H groups in total. The monoisotopic (exact) mass is 333 g/mol. The molecule has 0 saturated heterocycles. The van der Waals surface area contributed by atoms with Gasteiger partial charge in [0.2, 0.25) is 0 Å². The molecule has 2 rings (SSSR count). The van der Waals surface area contributed by atoms with Crippen LogP contribution in [0.2, 0.25) is 0 Å². The summed E-state index contributed by atoms with van der Waals surface area (Å²) in [6, 6.07) is 6.12. The maximum atomic E-state index is 12.7. The number of furan rings is 1. The van der Waals surface area contributed by atoms with Crippen LogP contribution >= 0.6 is 15.9 Å². The van der Waals surface area contributed by atoms with Gasteiger partial charge in [-0.2, -0.15) is 13.2 Å². The van der Waals surface area contributed by atoms with Gasteiger partial charge in [0.05, 0.1) is 23.1 Å². The van der Waals surface area contributed by atoms with Gasteiger partial charge in [-0.15, -0.1) is 0 Å². The Morgan fingerprint density at radius 2 is 1.89 bits per heavy atom. The molecule has 0 atom stereocenters. The fourth-order valence-electron chi connectivity index (χ4n) is 1.48. The third kappa shape index (κ3) is 2.98. The Hall–Kier alpha value is -1.76. The summed E-state index contributed by atoms with van der Waals surface area (Å²) < 4.78 is 43.2. The summed E-state index contributed by atoms with van der Waals surface area (Å²) in [7, 11) is 0. The zero-order valence-corrected chi connectivity index (χ0v) is 10.9. The van der Waals surface area contributed by atoms with Gasteiger partial charge in [0.15, 0.2) is 4.67 Å². The first kappa shape index (κ1) is 13.7. The number of anilines is 1. The summed E-state index contributed by atoms with van der Waals surface area (Å²) in [5.41, 5.74) is -1.08. The maximum Gasteiger partial charge on any atom is 0.418 e. The molecule has 0 unspecified atom stereocenters. The molecule has 100 valence electrons. The lowest BCUT2D eigenvalue weighted by molar-refractivity contribution is -0.136. The van der Waals surface area contributed by atoms with E-state index in [0.29, 0.717) is 0 Å². The highest BCUT2D eigenvalue weighted by Gasteiger charge is 2.33. The minimum atomic E-state index is -4.53. The Morgan fingerprint density at radius 3 is 2.47 bits per heavy atom. The highest BCUT2D eigenvalue weighted by Crippen LogP contribution is 2.34. The summed E-state index contributed by atoms with van der Waals surface area (Å²) in [4.78, 5) is 11.8. The lowest BCUT2D eigenvalue weighted by atomic mass is 10.1. The van der Waals surface area contributed by atoms with Crippen LogP contribution in [0.25, 0.3) is 0 Å². The minimum Gasteiger partial charge on any atom is -0.457 e. The Bertz CT molecular complexity index is 607. The number of hydrogen-bond donors (Lipinski definition) is 1. The lowest BCUT2D eigenvalue weighted by Gasteiger charge is -2.13. The van der Waals surface area contributed by atoms with E-state index in [1.54, 1.807) is 0 Å². The van der Waals surface area contributed by atoms with Gasteiger partial charge in [0, 0.05) is 0 Å². The average molecular weight is 334 g/mol. The first-order valence-corrected chi connectivity index (χ1v) is 5.89. The van der Waals surface area contributed by atoms with Gasteiger partial charge < -0.3 is 9.73 Å². The van der Waals surface area contributed by atoms with Crippen LogP contribution in [-0.4, -0.2) is 5.91 Å². The SMILES string of the molecule is O=C(Nc1ccccc1C(F)(F)F)c1ccoc1Br. The van der Waals surface area contributed by atoms with Crippen molar-refractivity contribution in [3.8, 4) is 0 Å². The third-order valence-corrected chi connectivity index (χ3v) is 2.96. The molecule has 1 aromatic heterocycles. The van der Waals surface area contributed by atoms with Gasteiger partial charge in [-0.25, -0.2) is 0 Å². The number of carbonyl (C=O) groups is 1. The molecule has 19 heavy (non-hydrogen) atoms. The van der Waals surface area contributed by atoms with Crippen molar-refractivity contribution in [2.45, 2.75) is 6.18 Å². The van der Waals surface area contributed by atoms with Crippen LogP contribution in [0, 0.1) is 0 Å². The van der Waals surface area contributed by atoms with Crippen LogP contribution in [0.4, 0.5) is 18.9 Å². The molecule has 7 heteroatoms. The molecule has 0 fully saturated rings. The van der Waals surface area contributed by atoms with E-state index in [-0.39, 0.29) is 15.9 Å². The van der Waals surface area contributed by atoms with Crippen LogP contribution in [0.1, 0.15) is 15.9 Å². The topological polar surface area (TPSA) is 42.2 Å². The molecule has 1 aromatic carbocycles. The van der Waals surface area contributed by atoms with Crippen molar-refractivity contribution in [2.75, 3.05) is 5.32 Å². The van der Waals surface area contributed by atoms with Crippen LogP contribution in [0.5, 0.6) is 0 Å². The number of benzene rings is 1. The number of rotatable bonds is 2. The maximum absolute atomic E-state index is 12.7. The standard InChI is InChI=1S/C12H7BrF3NO2/c13-10-7(5-6-19-10)11(18)17-9-4-2-1-3-8(9)12(14,15)16/h1-6H,(H,17,18). The van der Waals surface area contributed by atoms with Crippen LogP contribution in [0.3, 0.4) is 0 Å². The van der Waals surface area contributed by atoms with E-state index in [0.717, 1.165) is 6.07 Å². The molecule has 0 aliphatic rings. The van der Waals surface area contributed by atoms with Crippen molar-refractivity contribution in [2.24, 2.45) is 0 Å². The normalized spacial score (nSPS) is 11.4. The van der Waals surface area contributed by atoms with Crippen molar-refractivity contribution < 1.29 is 22.4 Å². The second-order valence-electron chi connectivity index (χ2n) is 3.61. The van der Waals surface area contributed by atoms with E-state index in [2.05, 4.69) is 21.2 Å². The van der Waals surface area contributed by atoms with Gasteiger partial charge in [0.25, 0.3) is 5.91 Å². The number of para-hydroxylation sites is 1. The van der Waals surface area contributed by atoms with Gasteiger partial charge in [-0.1, -0.05) is 12.1 Å². The first-order chi connectivity index (χ1) is 8.89. The number of hydrogen-bond acceptors (Lipinski definition) is 2. The van der Waals surface area contributed by atoms with E-state index in [1.807, 2.05) is 0 Å². The van der Waals surface area contributed by atoms with E-state index in [4.69, 9.17) is 4.42 Å². The molecule has 0 saturated carbocycles. The Kier molecular flexibility index (Phi) is 3.66. The molecule has 1 amide bonds. The summed E-state index contributed by atoms with van der Waals surface area (Å²) in [6.45, 7) is 0. The molecule has 0 aliphatic carbocycles. The minimum absolute atomic E-state index is 0.122. The number of amides is 1. The summed E-state index contributed by atoms with van der Waals surface area (Å²) in [5.74, 6) is -0.683. The Morgan fingerprint density at radius 1 is 1.21 bits per heavy atom. The van der Waals surface area contributed by atoms with E-state index in [1.165, 1.54) is 30.5 Å². The van der Waals surface area contributed by atoms with Crippen LogP contribution in [-0.2, 0) is 6.18 Å². The summed E-state index contributed by atoms with van der Waals surface area (Å²) in [5, 5.41) is 2.21. The highest BCUT2D eigenvalue weighted by atomic mass is 79.9. The van der Waals surface area contributed by atoms with Crippen molar-refractivity contribution in [1.29, 1.82) is 0 Å². The molecule has 0 aliphatic heterocycles. The molecule has 1 heterocycles. The molecule has 0 spiro atoms. The Balaban J connectivity index is 2.30. The molecule has 0 radical (unpaired) electrons. The smallest absolute Gasteiger partial charge is 0.418 e. The molecule has 3 nitrogen and oxygen atoms in total. The first-order valence-electron chi connectivity index (χ1n) is 5.10. The van der Waals surface area contributed by atoms with Gasteiger partial charge in [0.1, 0.15) is 0 Å². The highest BCUT2D eigenvalue weighted by molar-refractivity contribution is 9.10. The van der Waals surface area contributed by atoms with Crippen molar-refractivity contribution in [3.05, 3.63) is 52.4 Å². The average Bonchev–Trinajstić information content (AvgIpc) is 2.75. The fourth-order valence-corrected chi connectivity index (χ4v) is 1.90. The van der Waals surface area contributed by atoms with Crippen molar-refractivity contribution in [3.63, 3.8) is 0 Å². The van der Waals surface area contributed by atoms with Gasteiger partial charge in [-0.05, 0) is 34.1 Å². The van der Waals surface area contributed by atoms with Crippen molar-refractivity contribution in [1.82, 2.24) is 0 Å². The second-order valence-corrected chi connectivity index (χ2v) is 4.33. The Labute approximate surface area is 114 Å². The zero-order valence-electron chi connectivity index (χ0n) is 9.29. The van der Waals surface area contributed by atoms with Crippen molar-refractivity contribution >= 4 is 27.5 Å². The lowest BCUT2D eigenvalue weighted by Crippen LogP contribution is -2.16. The van der Waals surface area contributed by atoms with Crippen LogP contribution < -0.4 is 5.32 Å². The predicted octanol–water partition coefficient (Wildman–Crippen LogP) is 4.31. The number of carbonyl (C=O) groups excluding carboxylic acids is 1. The van der Waals surface area contributed by atoms with Gasteiger partial charge in [-0.3, -0.25) is 4.79 Å². The quantitative estimate of drug-likeness (QED) is 0.889. The number of nitrogens with one attached hydrogen (secondary N) is 1. The van der Waals surface area contributed by atoms with E-state index in [9.17, 15) is 18.0 Å². The van der Waals surface area contributed by atoms with E-state index >= 15 is 0 Å². The van der Waals surface area contributed by atoms with Crippen LogP contribution in [0.15, 0.2) is 45.7 Å².